The number of hydrogen-bond donors (Lipinski definition) is 1. The number of rotatable bonds is 3. The van der Waals surface area contributed by atoms with E-state index in [0.717, 1.165) is 18.0 Å². The number of benzene rings is 1. The molecule has 102 valence electrons. The predicted octanol–water partition coefficient (Wildman–Crippen LogP) is 3.04. The zero-order valence-corrected chi connectivity index (χ0v) is 11.9. The number of fused-ring (bicyclic) bond motifs is 1. The van der Waals surface area contributed by atoms with Crippen molar-refractivity contribution in [1.29, 1.82) is 0 Å². The molecule has 2 aromatic rings. The van der Waals surface area contributed by atoms with Crippen LogP contribution in [-0.4, -0.2) is 22.6 Å². The molecule has 3 rings (SSSR count). The van der Waals surface area contributed by atoms with Crippen LogP contribution in [0.3, 0.4) is 0 Å². The Morgan fingerprint density at radius 1 is 1.32 bits per heavy atom. The molecule has 3 nitrogen and oxygen atoms in total. The first-order chi connectivity index (χ1) is 9.24. The highest BCUT2D eigenvalue weighted by molar-refractivity contribution is 5.77. The van der Waals surface area contributed by atoms with E-state index < -0.39 is 0 Å². The molecule has 1 unspecified atom stereocenters. The van der Waals surface area contributed by atoms with Crippen molar-refractivity contribution in [3.05, 3.63) is 29.6 Å². The van der Waals surface area contributed by atoms with Gasteiger partial charge in [-0.05, 0) is 75.4 Å². The van der Waals surface area contributed by atoms with Crippen LogP contribution in [0.15, 0.2) is 18.5 Å². The lowest BCUT2D eigenvalue weighted by Crippen LogP contribution is -2.30. The van der Waals surface area contributed by atoms with Gasteiger partial charge in [0.25, 0.3) is 0 Å². The molecule has 0 bridgehead atoms. The minimum absolute atomic E-state index is 0.831. The van der Waals surface area contributed by atoms with Gasteiger partial charge in [-0.15, -0.1) is 0 Å². The molecule has 1 atom stereocenters. The van der Waals surface area contributed by atoms with E-state index in [1.165, 1.54) is 49.0 Å². The molecular weight excluding hydrogens is 234 g/mol. The van der Waals surface area contributed by atoms with Gasteiger partial charge in [-0.25, -0.2) is 4.98 Å². The summed E-state index contributed by atoms with van der Waals surface area (Å²) in [4.78, 5) is 4.53. The van der Waals surface area contributed by atoms with E-state index in [1.54, 1.807) is 0 Å². The summed E-state index contributed by atoms with van der Waals surface area (Å²) in [5, 5.41) is 3.49. The van der Waals surface area contributed by atoms with Gasteiger partial charge in [0.2, 0.25) is 0 Å². The zero-order valence-electron chi connectivity index (χ0n) is 11.9. The third kappa shape index (κ3) is 2.66. The van der Waals surface area contributed by atoms with Gasteiger partial charge in [0, 0.05) is 6.54 Å². The maximum absolute atomic E-state index is 4.53. The average molecular weight is 257 g/mol. The second-order valence-corrected chi connectivity index (χ2v) is 5.86. The molecule has 0 saturated carbocycles. The van der Waals surface area contributed by atoms with E-state index in [4.69, 9.17) is 0 Å². The van der Waals surface area contributed by atoms with Gasteiger partial charge >= 0.3 is 0 Å². The van der Waals surface area contributed by atoms with Gasteiger partial charge in [0.15, 0.2) is 0 Å². The number of aromatic nitrogens is 2. The number of nitrogens with one attached hydrogen (secondary N) is 1. The monoisotopic (exact) mass is 257 g/mol. The normalized spacial score (nSPS) is 20.0. The quantitative estimate of drug-likeness (QED) is 0.916. The highest BCUT2D eigenvalue weighted by Crippen LogP contribution is 2.20. The van der Waals surface area contributed by atoms with E-state index in [9.17, 15) is 0 Å². The number of piperidine rings is 1. The lowest BCUT2D eigenvalue weighted by atomic mass is 9.96. The van der Waals surface area contributed by atoms with Crippen molar-refractivity contribution in [2.75, 3.05) is 13.1 Å². The molecule has 1 N–H and O–H groups in total. The molecule has 0 spiro atoms. The van der Waals surface area contributed by atoms with E-state index in [0.29, 0.717) is 0 Å². The van der Waals surface area contributed by atoms with Gasteiger partial charge < -0.3 is 9.88 Å². The zero-order chi connectivity index (χ0) is 13.2. The SMILES string of the molecule is Cc1cc2ncn(CCC3CCCNC3)c2cc1C. The van der Waals surface area contributed by atoms with Crippen molar-refractivity contribution in [2.24, 2.45) is 5.92 Å². The molecular formula is C16H23N3. The first kappa shape index (κ1) is 12.7. The summed E-state index contributed by atoms with van der Waals surface area (Å²) in [6, 6.07) is 4.47. The molecule has 1 aromatic heterocycles. The summed E-state index contributed by atoms with van der Waals surface area (Å²) in [5.74, 6) is 0.831. The molecule has 0 amide bonds. The Bertz CT molecular complexity index is 565. The van der Waals surface area contributed by atoms with Crippen LogP contribution >= 0.6 is 0 Å². The molecule has 3 heteroatoms. The molecule has 0 aliphatic carbocycles. The minimum atomic E-state index is 0.831. The van der Waals surface area contributed by atoms with Crippen LogP contribution in [0.1, 0.15) is 30.4 Å². The lowest BCUT2D eigenvalue weighted by molar-refractivity contribution is 0.343. The molecule has 1 aliphatic rings. The summed E-state index contributed by atoms with van der Waals surface area (Å²) in [6.07, 6.45) is 5.95. The van der Waals surface area contributed by atoms with Crippen molar-refractivity contribution in [3.63, 3.8) is 0 Å². The molecule has 19 heavy (non-hydrogen) atoms. The van der Waals surface area contributed by atoms with Crippen molar-refractivity contribution in [1.82, 2.24) is 14.9 Å². The summed E-state index contributed by atoms with van der Waals surface area (Å²) >= 11 is 0. The largest absolute Gasteiger partial charge is 0.331 e. The predicted molar refractivity (Wildman–Crippen MR) is 79.4 cm³/mol. The summed E-state index contributed by atoms with van der Waals surface area (Å²) in [5.41, 5.74) is 5.10. The third-order valence-electron chi connectivity index (χ3n) is 4.41. The maximum atomic E-state index is 4.53. The highest BCUT2D eigenvalue weighted by atomic mass is 15.0. The molecule has 1 fully saturated rings. The van der Waals surface area contributed by atoms with Gasteiger partial charge in [0.1, 0.15) is 0 Å². The number of aryl methyl sites for hydroxylation is 3. The second kappa shape index (κ2) is 5.33. The van der Waals surface area contributed by atoms with Crippen molar-refractivity contribution in [3.8, 4) is 0 Å². The topological polar surface area (TPSA) is 29.9 Å². The fraction of sp³-hybridized carbons (Fsp3) is 0.562. The minimum Gasteiger partial charge on any atom is -0.331 e. The highest BCUT2D eigenvalue weighted by Gasteiger charge is 2.13. The van der Waals surface area contributed by atoms with Gasteiger partial charge in [-0.3, -0.25) is 0 Å². The summed E-state index contributed by atoms with van der Waals surface area (Å²) < 4.78 is 2.32. The van der Waals surface area contributed by atoms with Crippen molar-refractivity contribution in [2.45, 2.75) is 39.7 Å². The molecule has 1 aliphatic heterocycles. The Morgan fingerprint density at radius 2 is 2.16 bits per heavy atom. The second-order valence-electron chi connectivity index (χ2n) is 5.86. The molecule has 1 saturated heterocycles. The van der Waals surface area contributed by atoms with Crippen LogP contribution in [0.4, 0.5) is 0 Å². The summed E-state index contributed by atoms with van der Waals surface area (Å²) in [7, 11) is 0. The van der Waals surface area contributed by atoms with Crippen LogP contribution in [0, 0.1) is 19.8 Å². The Labute approximate surface area is 115 Å². The van der Waals surface area contributed by atoms with E-state index in [-0.39, 0.29) is 0 Å². The molecule has 2 heterocycles. The first-order valence-corrected chi connectivity index (χ1v) is 7.37. The van der Waals surface area contributed by atoms with Crippen LogP contribution in [0.5, 0.6) is 0 Å². The van der Waals surface area contributed by atoms with Gasteiger partial charge in [-0.1, -0.05) is 0 Å². The third-order valence-corrected chi connectivity index (χ3v) is 4.41. The van der Waals surface area contributed by atoms with Crippen molar-refractivity contribution >= 4 is 11.0 Å². The Hall–Kier alpha value is -1.35. The van der Waals surface area contributed by atoms with Gasteiger partial charge in [0.05, 0.1) is 17.4 Å². The Morgan fingerprint density at radius 3 is 2.95 bits per heavy atom. The number of hydrogen-bond acceptors (Lipinski definition) is 2. The summed E-state index contributed by atoms with van der Waals surface area (Å²) in [6.45, 7) is 7.80. The Kier molecular flexibility index (Phi) is 3.56. The lowest BCUT2D eigenvalue weighted by Gasteiger charge is -2.22. The van der Waals surface area contributed by atoms with E-state index >= 15 is 0 Å². The van der Waals surface area contributed by atoms with Crippen LogP contribution in [0.25, 0.3) is 11.0 Å². The fourth-order valence-corrected chi connectivity index (χ4v) is 2.98. The van der Waals surface area contributed by atoms with E-state index in [1.807, 2.05) is 6.33 Å². The molecule has 0 radical (unpaired) electrons. The van der Waals surface area contributed by atoms with Crippen LogP contribution < -0.4 is 5.32 Å². The standard InChI is InChI=1S/C16H23N3/c1-12-8-15-16(9-13(12)2)19(11-18-15)7-5-14-4-3-6-17-10-14/h8-9,11,14,17H,3-7,10H2,1-2H3. The number of nitrogens with zero attached hydrogens (tertiary/aromatic N) is 2. The van der Waals surface area contributed by atoms with Crippen LogP contribution in [0.2, 0.25) is 0 Å². The first-order valence-electron chi connectivity index (χ1n) is 7.37. The van der Waals surface area contributed by atoms with Crippen molar-refractivity contribution < 1.29 is 0 Å². The number of imidazole rings is 1. The van der Waals surface area contributed by atoms with E-state index in [2.05, 4.69) is 40.8 Å². The molecule has 1 aromatic carbocycles. The average Bonchev–Trinajstić information content (AvgIpc) is 2.80. The smallest absolute Gasteiger partial charge is 0.0958 e. The van der Waals surface area contributed by atoms with Gasteiger partial charge in [-0.2, -0.15) is 0 Å². The Balaban J connectivity index is 1.75. The maximum Gasteiger partial charge on any atom is 0.0958 e. The fourth-order valence-electron chi connectivity index (χ4n) is 2.98. The van der Waals surface area contributed by atoms with Crippen LogP contribution in [-0.2, 0) is 6.54 Å².